The van der Waals surface area contributed by atoms with Crippen LogP contribution >= 0.6 is 11.6 Å². The molecular weight excluding hydrogens is 454 g/mol. The number of nitrogens with one attached hydrogen (secondary N) is 2. The molecule has 3 aromatic carbocycles. The molecule has 0 saturated heterocycles. The van der Waals surface area contributed by atoms with Gasteiger partial charge in [0.25, 0.3) is 5.91 Å². The van der Waals surface area contributed by atoms with Gasteiger partial charge in [-0.1, -0.05) is 35.9 Å². The molecule has 1 heterocycles. The number of ether oxygens (including phenoxy) is 2. The van der Waals surface area contributed by atoms with Crippen LogP contribution in [0, 0.1) is 0 Å². The molecule has 0 aliphatic heterocycles. The Morgan fingerprint density at radius 1 is 0.824 bits per heavy atom. The zero-order chi connectivity index (χ0) is 23.9. The maximum Gasteiger partial charge on any atom is 0.281 e. The van der Waals surface area contributed by atoms with Gasteiger partial charge in [0.05, 0.1) is 14.2 Å². The van der Waals surface area contributed by atoms with E-state index in [0.29, 0.717) is 35.6 Å². The number of halogens is 1. The van der Waals surface area contributed by atoms with Crippen molar-refractivity contribution in [1.29, 1.82) is 0 Å². The molecule has 0 atom stereocenters. The lowest BCUT2D eigenvalue weighted by atomic mass is 10.2. The van der Waals surface area contributed by atoms with Crippen LogP contribution in [-0.2, 0) is 13.1 Å². The molecule has 0 fully saturated rings. The molecule has 174 valence electrons. The lowest BCUT2D eigenvalue weighted by Crippen LogP contribution is -2.17. The van der Waals surface area contributed by atoms with Crippen LogP contribution in [-0.4, -0.2) is 34.9 Å². The molecule has 9 heteroatoms. The summed E-state index contributed by atoms with van der Waals surface area (Å²) in [6.45, 7) is 0.940. The fourth-order valence-electron chi connectivity index (χ4n) is 3.21. The minimum absolute atomic E-state index is 0.320. The van der Waals surface area contributed by atoms with Crippen LogP contribution in [0.25, 0.3) is 0 Å². The quantitative estimate of drug-likeness (QED) is 0.355. The molecule has 0 bridgehead atoms. The third-order valence-electron chi connectivity index (χ3n) is 5.11. The van der Waals surface area contributed by atoms with E-state index in [1.54, 1.807) is 38.5 Å². The molecule has 0 aliphatic rings. The van der Waals surface area contributed by atoms with Gasteiger partial charge in [-0.25, -0.2) is 0 Å². The standard InChI is InChI=1S/C25H24ClN5O3/c1-33-21-11-3-17(4-12-21)15-27-24-29-25(28-16-18-5-13-22(34-2)14-6-18)31(30-24)23(32)19-7-9-20(26)10-8-19/h3-14H,15-16H2,1-2H3,(H2,27,28,29,30). The van der Waals surface area contributed by atoms with Gasteiger partial charge in [-0.15, -0.1) is 5.10 Å². The van der Waals surface area contributed by atoms with Crippen LogP contribution in [0.3, 0.4) is 0 Å². The average molecular weight is 478 g/mol. The van der Waals surface area contributed by atoms with Crippen molar-refractivity contribution in [3.8, 4) is 11.5 Å². The Kier molecular flexibility index (Phi) is 7.29. The first-order valence-corrected chi connectivity index (χ1v) is 10.9. The Bertz CT molecular complexity index is 1240. The Morgan fingerprint density at radius 3 is 1.88 bits per heavy atom. The van der Waals surface area contributed by atoms with E-state index in [1.165, 1.54) is 4.68 Å². The zero-order valence-corrected chi connectivity index (χ0v) is 19.5. The summed E-state index contributed by atoms with van der Waals surface area (Å²) in [6.07, 6.45) is 0. The molecule has 34 heavy (non-hydrogen) atoms. The average Bonchev–Trinajstić information content (AvgIpc) is 3.30. The van der Waals surface area contributed by atoms with E-state index < -0.39 is 0 Å². The second-order valence-corrected chi connectivity index (χ2v) is 7.82. The minimum Gasteiger partial charge on any atom is -0.497 e. The van der Waals surface area contributed by atoms with Crippen molar-refractivity contribution >= 4 is 29.4 Å². The maximum atomic E-state index is 13.2. The summed E-state index contributed by atoms with van der Waals surface area (Å²) < 4.78 is 11.7. The summed E-state index contributed by atoms with van der Waals surface area (Å²) in [5.41, 5.74) is 2.47. The van der Waals surface area contributed by atoms with Crippen molar-refractivity contribution in [1.82, 2.24) is 14.8 Å². The molecule has 0 radical (unpaired) electrons. The first-order valence-electron chi connectivity index (χ1n) is 10.6. The lowest BCUT2D eigenvalue weighted by molar-refractivity contribution is 0.0947. The predicted octanol–water partition coefficient (Wildman–Crippen LogP) is 4.86. The maximum absolute atomic E-state index is 13.2. The molecule has 4 aromatic rings. The number of hydrogen-bond acceptors (Lipinski definition) is 7. The summed E-state index contributed by atoms with van der Waals surface area (Å²) in [7, 11) is 3.25. The lowest BCUT2D eigenvalue weighted by Gasteiger charge is -2.08. The van der Waals surface area contributed by atoms with Crippen molar-refractivity contribution in [2.24, 2.45) is 0 Å². The van der Waals surface area contributed by atoms with Gasteiger partial charge < -0.3 is 20.1 Å². The van der Waals surface area contributed by atoms with Gasteiger partial charge in [0.1, 0.15) is 11.5 Å². The monoisotopic (exact) mass is 477 g/mol. The van der Waals surface area contributed by atoms with Crippen LogP contribution < -0.4 is 20.1 Å². The topological polar surface area (TPSA) is 90.3 Å². The third kappa shape index (κ3) is 5.65. The van der Waals surface area contributed by atoms with Crippen molar-refractivity contribution in [3.63, 3.8) is 0 Å². The normalized spacial score (nSPS) is 10.6. The number of rotatable bonds is 9. The number of benzene rings is 3. The highest BCUT2D eigenvalue weighted by molar-refractivity contribution is 6.30. The van der Waals surface area contributed by atoms with E-state index in [2.05, 4.69) is 20.7 Å². The number of methoxy groups -OCH3 is 2. The van der Waals surface area contributed by atoms with E-state index in [9.17, 15) is 4.79 Å². The largest absolute Gasteiger partial charge is 0.497 e. The fourth-order valence-corrected chi connectivity index (χ4v) is 3.33. The van der Waals surface area contributed by atoms with E-state index >= 15 is 0 Å². The van der Waals surface area contributed by atoms with Gasteiger partial charge in [0.15, 0.2) is 0 Å². The van der Waals surface area contributed by atoms with Crippen LogP contribution in [0.4, 0.5) is 11.9 Å². The third-order valence-corrected chi connectivity index (χ3v) is 5.36. The Balaban J connectivity index is 1.54. The predicted molar refractivity (Wildman–Crippen MR) is 132 cm³/mol. The molecule has 0 aliphatic carbocycles. The van der Waals surface area contributed by atoms with Crippen molar-refractivity contribution in [3.05, 3.63) is 94.5 Å². The fraction of sp³-hybridized carbons (Fsp3) is 0.160. The van der Waals surface area contributed by atoms with Crippen molar-refractivity contribution < 1.29 is 14.3 Å². The van der Waals surface area contributed by atoms with Crippen LogP contribution in [0.1, 0.15) is 21.5 Å². The highest BCUT2D eigenvalue weighted by Gasteiger charge is 2.18. The molecule has 8 nitrogen and oxygen atoms in total. The van der Waals surface area contributed by atoms with Gasteiger partial charge >= 0.3 is 0 Å². The van der Waals surface area contributed by atoms with Crippen molar-refractivity contribution in [2.45, 2.75) is 13.1 Å². The van der Waals surface area contributed by atoms with Crippen LogP contribution in [0.15, 0.2) is 72.8 Å². The summed E-state index contributed by atoms with van der Waals surface area (Å²) in [4.78, 5) is 17.7. The highest BCUT2D eigenvalue weighted by atomic mass is 35.5. The Labute approximate surface area is 202 Å². The molecule has 0 amide bonds. The van der Waals surface area contributed by atoms with Gasteiger partial charge in [0, 0.05) is 23.7 Å². The molecule has 2 N–H and O–H groups in total. The van der Waals surface area contributed by atoms with Crippen molar-refractivity contribution in [2.75, 3.05) is 24.9 Å². The molecule has 0 spiro atoms. The molecule has 4 rings (SSSR count). The Morgan fingerprint density at radius 2 is 1.35 bits per heavy atom. The van der Waals surface area contributed by atoms with Gasteiger partial charge in [-0.2, -0.15) is 9.67 Å². The number of carbonyl (C=O) groups excluding carboxylic acids is 1. The van der Waals surface area contributed by atoms with E-state index in [-0.39, 0.29) is 5.91 Å². The summed E-state index contributed by atoms with van der Waals surface area (Å²) in [5, 5.41) is 11.3. The highest BCUT2D eigenvalue weighted by Crippen LogP contribution is 2.18. The second-order valence-electron chi connectivity index (χ2n) is 7.39. The number of hydrogen-bond donors (Lipinski definition) is 2. The SMILES string of the molecule is COc1ccc(CNc2nc(NCc3ccc(OC)cc3)n(C(=O)c3ccc(Cl)cc3)n2)cc1. The molecule has 0 unspecified atom stereocenters. The summed E-state index contributed by atoms with van der Waals surface area (Å²) in [6, 6.07) is 21.9. The Hall–Kier alpha value is -4.04. The zero-order valence-electron chi connectivity index (χ0n) is 18.8. The van der Waals surface area contributed by atoms with E-state index in [4.69, 9.17) is 21.1 Å². The van der Waals surface area contributed by atoms with E-state index in [1.807, 2.05) is 48.5 Å². The number of carbonyl (C=O) groups is 1. The smallest absolute Gasteiger partial charge is 0.281 e. The first kappa shape index (κ1) is 23.1. The van der Waals surface area contributed by atoms with E-state index in [0.717, 1.165) is 22.6 Å². The molecular formula is C25H24ClN5O3. The first-order chi connectivity index (χ1) is 16.6. The molecule has 1 aromatic heterocycles. The summed E-state index contributed by atoms with van der Waals surface area (Å²) >= 11 is 5.97. The van der Waals surface area contributed by atoms with Gasteiger partial charge in [-0.3, -0.25) is 4.79 Å². The number of anilines is 2. The number of nitrogens with zero attached hydrogens (tertiary/aromatic N) is 3. The van der Waals surface area contributed by atoms with Gasteiger partial charge in [-0.05, 0) is 59.7 Å². The minimum atomic E-state index is -0.320. The van der Waals surface area contributed by atoms with Crippen LogP contribution in [0.2, 0.25) is 5.02 Å². The number of aromatic nitrogens is 3. The second kappa shape index (κ2) is 10.7. The molecule has 0 saturated carbocycles. The summed E-state index contributed by atoms with van der Waals surface area (Å²) in [5.74, 6) is 1.89. The van der Waals surface area contributed by atoms with Gasteiger partial charge in [0.2, 0.25) is 11.9 Å². The van der Waals surface area contributed by atoms with Crippen LogP contribution in [0.5, 0.6) is 11.5 Å².